The number of hydrogen-bond acceptors (Lipinski definition) is 3. The van der Waals surface area contributed by atoms with Crippen molar-refractivity contribution in [2.75, 3.05) is 19.0 Å². The van der Waals surface area contributed by atoms with Crippen molar-refractivity contribution in [3.8, 4) is 0 Å². The molecule has 3 heteroatoms. The van der Waals surface area contributed by atoms with Gasteiger partial charge in [-0.1, -0.05) is 18.2 Å². The summed E-state index contributed by atoms with van der Waals surface area (Å²) in [4.78, 5) is 3.52. The summed E-state index contributed by atoms with van der Waals surface area (Å²) in [5, 5.41) is 2.12. The highest BCUT2D eigenvalue weighted by Crippen LogP contribution is 2.22. The second-order valence-corrected chi connectivity index (χ2v) is 5.75. The molecule has 0 fully saturated rings. The van der Waals surface area contributed by atoms with E-state index in [2.05, 4.69) is 60.8 Å². The number of nitrogens with zero attached hydrogens (tertiary/aromatic N) is 1. The van der Waals surface area contributed by atoms with E-state index < -0.39 is 0 Å². The molecule has 1 aromatic carbocycles. The molecule has 0 spiro atoms. The number of thiophene rings is 1. The van der Waals surface area contributed by atoms with Crippen LogP contribution in [0, 0.1) is 0 Å². The average Bonchev–Trinajstić information content (AvgIpc) is 2.89. The van der Waals surface area contributed by atoms with Crippen LogP contribution in [0.2, 0.25) is 0 Å². The fourth-order valence-corrected chi connectivity index (χ4v) is 2.68. The zero-order chi connectivity index (χ0) is 13.0. The molecule has 0 aliphatic rings. The summed E-state index contributed by atoms with van der Waals surface area (Å²) >= 11 is 1.80. The van der Waals surface area contributed by atoms with Gasteiger partial charge in [0.2, 0.25) is 0 Å². The minimum Gasteiger partial charge on any atom is -0.378 e. The minimum atomic E-state index is 0.118. The van der Waals surface area contributed by atoms with Crippen LogP contribution in [0.5, 0.6) is 0 Å². The van der Waals surface area contributed by atoms with Crippen LogP contribution >= 0.6 is 11.3 Å². The van der Waals surface area contributed by atoms with Crippen LogP contribution in [0.15, 0.2) is 41.8 Å². The summed E-state index contributed by atoms with van der Waals surface area (Å²) in [6.07, 6.45) is 2.06. The van der Waals surface area contributed by atoms with E-state index >= 15 is 0 Å². The van der Waals surface area contributed by atoms with Gasteiger partial charge in [-0.2, -0.15) is 0 Å². The van der Waals surface area contributed by atoms with Crippen molar-refractivity contribution in [1.29, 1.82) is 0 Å². The molecule has 2 rings (SSSR count). The highest BCUT2D eigenvalue weighted by Gasteiger charge is 2.08. The normalized spacial score (nSPS) is 12.4. The van der Waals surface area contributed by atoms with Gasteiger partial charge in [0.15, 0.2) is 0 Å². The molecule has 1 aromatic heterocycles. The first-order valence-corrected chi connectivity index (χ1v) is 7.10. The fourth-order valence-electron chi connectivity index (χ4n) is 1.95. The van der Waals surface area contributed by atoms with E-state index in [1.165, 1.54) is 16.1 Å². The van der Waals surface area contributed by atoms with E-state index in [1.54, 1.807) is 11.3 Å². The Balaban J connectivity index is 1.99. The van der Waals surface area contributed by atoms with Gasteiger partial charge in [0, 0.05) is 30.7 Å². The summed E-state index contributed by atoms with van der Waals surface area (Å²) < 4.78 is 0. The molecule has 0 amide bonds. The van der Waals surface area contributed by atoms with Crippen LogP contribution in [0.3, 0.4) is 0 Å². The van der Waals surface area contributed by atoms with Crippen molar-refractivity contribution in [2.24, 2.45) is 5.73 Å². The molecular formula is C15H20N2S. The Hall–Kier alpha value is -1.32. The average molecular weight is 260 g/mol. The van der Waals surface area contributed by atoms with Gasteiger partial charge in [-0.3, -0.25) is 0 Å². The third-order valence-electron chi connectivity index (χ3n) is 3.10. The van der Waals surface area contributed by atoms with Gasteiger partial charge in [-0.15, -0.1) is 11.3 Å². The maximum absolute atomic E-state index is 6.27. The zero-order valence-corrected chi connectivity index (χ0v) is 11.8. The van der Waals surface area contributed by atoms with Crippen LogP contribution in [0.1, 0.15) is 22.9 Å². The predicted molar refractivity (Wildman–Crippen MR) is 80.3 cm³/mol. The molecule has 1 unspecified atom stereocenters. The summed E-state index contributed by atoms with van der Waals surface area (Å²) in [6, 6.07) is 12.9. The Morgan fingerprint density at radius 3 is 2.72 bits per heavy atom. The predicted octanol–water partition coefficient (Wildman–Crippen LogP) is 3.45. The number of aryl methyl sites for hydroxylation is 1. The van der Waals surface area contributed by atoms with Crippen molar-refractivity contribution in [3.63, 3.8) is 0 Å². The van der Waals surface area contributed by atoms with E-state index in [0.29, 0.717) is 0 Å². The standard InChI is InChI=1S/C15H20N2S/c1-17(2)13-6-3-5-12(11-13)15(16)9-8-14-7-4-10-18-14/h3-7,10-11,15H,8-9,16H2,1-2H3. The maximum atomic E-state index is 6.27. The van der Waals surface area contributed by atoms with Gasteiger partial charge >= 0.3 is 0 Å². The molecule has 0 saturated carbocycles. The molecule has 2 N–H and O–H groups in total. The number of benzene rings is 1. The number of rotatable bonds is 5. The number of hydrogen-bond donors (Lipinski definition) is 1. The van der Waals surface area contributed by atoms with E-state index in [9.17, 15) is 0 Å². The zero-order valence-electron chi connectivity index (χ0n) is 11.0. The molecule has 0 saturated heterocycles. The van der Waals surface area contributed by atoms with Crippen molar-refractivity contribution < 1.29 is 0 Å². The molecule has 1 heterocycles. The molecule has 2 nitrogen and oxygen atoms in total. The molecule has 2 aromatic rings. The van der Waals surface area contributed by atoms with Gasteiger partial charge in [-0.25, -0.2) is 0 Å². The maximum Gasteiger partial charge on any atom is 0.0364 e. The molecular weight excluding hydrogens is 240 g/mol. The lowest BCUT2D eigenvalue weighted by atomic mass is 10.0. The Kier molecular flexibility index (Phi) is 4.39. The van der Waals surface area contributed by atoms with E-state index in [-0.39, 0.29) is 6.04 Å². The Morgan fingerprint density at radius 1 is 1.22 bits per heavy atom. The molecule has 0 aliphatic heterocycles. The van der Waals surface area contributed by atoms with Crippen molar-refractivity contribution in [2.45, 2.75) is 18.9 Å². The van der Waals surface area contributed by atoms with Crippen molar-refractivity contribution in [1.82, 2.24) is 0 Å². The number of nitrogens with two attached hydrogens (primary N) is 1. The summed E-state index contributed by atoms with van der Waals surface area (Å²) in [6.45, 7) is 0. The molecule has 18 heavy (non-hydrogen) atoms. The molecule has 0 bridgehead atoms. The van der Waals surface area contributed by atoms with Crippen LogP contribution in [-0.4, -0.2) is 14.1 Å². The van der Waals surface area contributed by atoms with Crippen LogP contribution in [0.4, 0.5) is 5.69 Å². The molecule has 0 radical (unpaired) electrons. The van der Waals surface area contributed by atoms with Gasteiger partial charge in [0.05, 0.1) is 0 Å². The van der Waals surface area contributed by atoms with Gasteiger partial charge < -0.3 is 10.6 Å². The van der Waals surface area contributed by atoms with E-state index in [1.807, 2.05) is 0 Å². The number of anilines is 1. The molecule has 1 atom stereocenters. The third kappa shape index (κ3) is 3.34. The second-order valence-electron chi connectivity index (χ2n) is 4.71. The van der Waals surface area contributed by atoms with Crippen LogP contribution < -0.4 is 10.6 Å². The van der Waals surface area contributed by atoms with Gasteiger partial charge in [0.1, 0.15) is 0 Å². The van der Waals surface area contributed by atoms with Crippen molar-refractivity contribution in [3.05, 3.63) is 52.2 Å². The lowest BCUT2D eigenvalue weighted by Gasteiger charge is -2.16. The Labute approximate surface area is 113 Å². The first-order chi connectivity index (χ1) is 8.66. The van der Waals surface area contributed by atoms with Gasteiger partial charge in [-0.05, 0) is 42.0 Å². The second kappa shape index (κ2) is 6.03. The van der Waals surface area contributed by atoms with Crippen molar-refractivity contribution >= 4 is 17.0 Å². The smallest absolute Gasteiger partial charge is 0.0364 e. The van der Waals surface area contributed by atoms with Gasteiger partial charge in [0.25, 0.3) is 0 Å². The van der Waals surface area contributed by atoms with Crippen LogP contribution in [0.25, 0.3) is 0 Å². The SMILES string of the molecule is CN(C)c1cccc(C(N)CCc2cccs2)c1. The highest BCUT2D eigenvalue weighted by atomic mass is 32.1. The van der Waals surface area contributed by atoms with E-state index in [0.717, 1.165) is 12.8 Å². The molecule has 0 aliphatic carbocycles. The van der Waals surface area contributed by atoms with Crippen LogP contribution in [-0.2, 0) is 6.42 Å². The lowest BCUT2D eigenvalue weighted by Crippen LogP contribution is -2.13. The summed E-state index contributed by atoms with van der Waals surface area (Å²) in [5.74, 6) is 0. The fraction of sp³-hybridized carbons (Fsp3) is 0.333. The first kappa shape index (κ1) is 13.1. The van der Waals surface area contributed by atoms with E-state index in [4.69, 9.17) is 5.73 Å². The first-order valence-electron chi connectivity index (χ1n) is 6.22. The summed E-state index contributed by atoms with van der Waals surface area (Å²) in [7, 11) is 4.10. The third-order valence-corrected chi connectivity index (χ3v) is 4.03. The lowest BCUT2D eigenvalue weighted by molar-refractivity contribution is 0.655. The quantitative estimate of drug-likeness (QED) is 0.892. The largest absolute Gasteiger partial charge is 0.378 e. The minimum absolute atomic E-state index is 0.118. The monoisotopic (exact) mass is 260 g/mol. The summed E-state index contributed by atoms with van der Waals surface area (Å²) in [5.41, 5.74) is 8.69. The molecule has 96 valence electrons. The topological polar surface area (TPSA) is 29.3 Å². The Bertz CT molecular complexity index is 477. The highest BCUT2D eigenvalue weighted by molar-refractivity contribution is 7.09. The Morgan fingerprint density at radius 2 is 2.06 bits per heavy atom.